The molecule has 1 aliphatic rings. The van der Waals surface area contributed by atoms with Crippen molar-refractivity contribution in [2.75, 3.05) is 5.32 Å². The van der Waals surface area contributed by atoms with Crippen molar-refractivity contribution in [2.24, 2.45) is 0 Å². The van der Waals surface area contributed by atoms with Crippen molar-refractivity contribution in [3.63, 3.8) is 0 Å². The van der Waals surface area contributed by atoms with Crippen LogP contribution in [0.25, 0.3) is 11.1 Å². The van der Waals surface area contributed by atoms with Crippen molar-refractivity contribution >= 4 is 11.6 Å². The van der Waals surface area contributed by atoms with Crippen LogP contribution in [0, 0.1) is 6.92 Å². The van der Waals surface area contributed by atoms with Gasteiger partial charge >= 0.3 is 0 Å². The third-order valence-electron chi connectivity index (χ3n) is 5.72. The maximum atomic E-state index is 13.1. The molecule has 4 rings (SSSR count). The number of carbonyl (C=O) groups excluding carboxylic acids is 1. The molecule has 0 bridgehead atoms. The van der Waals surface area contributed by atoms with Crippen molar-refractivity contribution in [3.05, 3.63) is 87.8 Å². The minimum Gasteiger partial charge on any atom is -0.325 e. The summed E-state index contributed by atoms with van der Waals surface area (Å²) in [4.78, 5) is 29.1. The molecule has 29 heavy (non-hydrogen) atoms. The monoisotopic (exact) mass is 386 g/mol. The number of rotatable bonds is 4. The molecule has 1 heterocycles. The molecule has 3 aromatic rings. The van der Waals surface area contributed by atoms with E-state index in [2.05, 4.69) is 10.3 Å². The van der Waals surface area contributed by atoms with Gasteiger partial charge in [-0.2, -0.15) is 0 Å². The minimum atomic E-state index is -0.386. The average Bonchev–Trinajstić information content (AvgIpc) is 2.75. The Kier molecular flexibility index (Phi) is 5.61. The summed E-state index contributed by atoms with van der Waals surface area (Å²) >= 11 is 0. The van der Waals surface area contributed by atoms with Gasteiger partial charge in [0.05, 0.1) is 0 Å². The van der Waals surface area contributed by atoms with Crippen LogP contribution in [0.3, 0.4) is 0 Å². The fourth-order valence-electron chi connectivity index (χ4n) is 4.11. The van der Waals surface area contributed by atoms with Gasteiger partial charge in [-0.15, -0.1) is 0 Å². The molecule has 2 N–H and O–H groups in total. The SMILES string of the molecule is Cc1ccc(-c2cc(C3CCCCC3)[nH]c(=O)c2C(=O)Nc2ccccc2)cc1. The topological polar surface area (TPSA) is 62.0 Å². The summed E-state index contributed by atoms with van der Waals surface area (Å²) in [7, 11) is 0. The Bertz CT molecular complexity index is 1050. The second kappa shape index (κ2) is 8.48. The molecule has 1 fully saturated rings. The third-order valence-corrected chi connectivity index (χ3v) is 5.72. The van der Waals surface area contributed by atoms with Gasteiger partial charge in [0.15, 0.2) is 0 Å². The van der Waals surface area contributed by atoms with Crippen molar-refractivity contribution in [3.8, 4) is 11.1 Å². The smallest absolute Gasteiger partial charge is 0.261 e. The summed E-state index contributed by atoms with van der Waals surface area (Å²) in [6.07, 6.45) is 5.78. The first-order valence-corrected chi connectivity index (χ1v) is 10.3. The zero-order chi connectivity index (χ0) is 20.2. The molecule has 1 aliphatic carbocycles. The number of hydrogen-bond donors (Lipinski definition) is 2. The number of anilines is 1. The number of aromatic amines is 1. The van der Waals surface area contributed by atoms with E-state index < -0.39 is 0 Å². The standard InChI is InChI=1S/C25H26N2O2/c1-17-12-14-18(15-13-17)21-16-22(19-8-4-2-5-9-19)27-25(29)23(21)24(28)26-20-10-6-3-7-11-20/h3,6-7,10-16,19H,2,4-5,8-9H2,1H3,(H,26,28)(H,27,29). The zero-order valence-electron chi connectivity index (χ0n) is 16.7. The van der Waals surface area contributed by atoms with E-state index in [1.165, 1.54) is 19.3 Å². The summed E-state index contributed by atoms with van der Waals surface area (Å²) in [6.45, 7) is 2.03. The number of pyridine rings is 1. The highest BCUT2D eigenvalue weighted by Crippen LogP contribution is 2.33. The largest absolute Gasteiger partial charge is 0.325 e. The van der Waals surface area contributed by atoms with Crippen molar-refractivity contribution < 1.29 is 4.79 Å². The first-order chi connectivity index (χ1) is 14.1. The molecule has 0 spiro atoms. The fraction of sp³-hybridized carbons (Fsp3) is 0.280. The number of hydrogen-bond acceptors (Lipinski definition) is 2. The predicted molar refractivity (Wildman–Crippen MR) is 117 cm³/mol. The van der Waals surface area contributed by atoms with E-state index in [-0.39, 0.29) is 17.0 Å². The second-order valence-corrected chi connectivity index (χ2v) is 7.86. The molecule has 0 radical (unpaired) electrons. The third kappa shape index (κ3) is 4.32. The number of nitrogens with one attached hydrogen (secondary N) is 2. The van der Waals surface area contributed by atoms with E-state index in [9.17, 15) is 9.59 Å². The molecule has 1 amide bonds. The van der Waals surface area contributed by atoms with Crippen LogP contribution >= 0.6 is 0 Å². The van der Waals surface area contributed by atoms with Crippen LogP contribution in [0.2, 0.25) is 0 Å². The number of aromatic nitrogens is 1. The molecule has 1 saturated carbocycles. The van der Waals surface area contributed by atoms with E-state index in [4.69, 9.17) is 0 Å². The first-order valence-electron chi connectivity index (χ1n) is 10.3. The Morgan fingerprint density at radius 1 is 0.966 bits per heavy atom. The molecule has 0 unspecified atom stereocenters. The molecule has 0 aliphatic heterocycles. The van der Waals surface area contributed by atoms with Crippen LogP contribution in [-0.2, 0) is 0 Å². The van der Waals surface area contributed by atoms with Gasteiger partial charge in [0, 0.05) is 16.9 Å². The lowest BCUT2D eigenvalue weighted by molar-refractivity contribution is 0.102. The van der Waals surface area contributed by atoms with Crippen molar-refractivity contribution in [1.29, 1.82) is 0 Å². The maximum Gasteiger partial charge on any atom is 0.261 e. The molecule has 4 heteroatoms. The average molecular weight is 386 g/mol. The normalized spacial score (nSPS) is 14.5. The van der Waals surface area contributed by atoms with E-state index in [1.54, 1.807) is 0 Å². The Morgan fingerprint density at radius 3 is 2.34 bits per heavy atom. The number of benzene rings is 2. The van der Waals surface area contributed by atoms with Gasteiger partial charge in [-0.3, -0.25) is 9.59 Å². The summed E-state index contributed by atoms with van der Waals surface area (Å²) in [5, 5.41) is 2.86. The Morgan fingerprint density at radius 2 is 1.66 bits per heavy atom. The van der Waals surface area contributed by atoms with E-state index in [0.717, 1.165) is 29.7 Å². The number of H-pyrrole nitrogens is 1. The number of aryl methyl sites for hydroxylation is 1. The van der Waals surface area contributed by atoms with E-state index in [1.807, 2.05) is 67.6 Å². The molecule has 2 aromatic carbocycles. The van der Waals surface area contributed by atoms with Crippen LogP contribution in [0.1, 0.15) is 59.6 Å². The van der Waals surface area contributed by atoms with Gasteiger partial charge in [-0.05, 0) is 49.4 Å². The van der Waals surface area contributed by atoms with Gasteiger partial charge in [-0.1, -0.05) is 67.3 Å². The first kappa shape index (κ1) is 19.2. The summed E-state index contributed by atoms with van der Waals surface area (Å²) < 4.78 is 0. The molecule has 0 saturated heterocycles. The minimum absolute atomic E-state index is 0.164. The summed E-state index contributed by atoms with van der Waals surface area (Å²) in [6, 6.07) is 19.2. The van der Waals surface area contributed by atoms with Gasteiger partial charge < -0.3 is 10.3 Å². The van der Waals surface area contributed by atoms with Gasteiger partial charge in [0.1, 0.15) is 5.56 Å². The van der Waals surface area contributed by atoms with Crippen molar-refractivity contribution in [2.45, 2.75) is 44.9 Å². The quantitative estimate of drug-likeness (QED) is 0.608. The van der Waals surface area contributed by atoms with Crippen LogP contribution in [0.4, 0.5) is 5.69 Å². The highest BCUT2D eigenvalue weighted by Gasteiger charge is 2.23. The van der Waals surface area contributed by atoms with E-state index >= 15 is 0 Å². The highest BCUT2D eigenvalue weighted by molar-refractivity contribution is 6.08. The molecular weight excluding hydrogens is 360 g/mol. The highest BCUT2D eigenvalue weighted by atomic mass is 16.2. The molecule has 0 atom stereocenters. The fourth-order valence-corrected chi connectivity index (χ4v) is 4.11. The van der Waals surface area contributed by atoms with Crippen LogP contribution in [-0.4, -0.2) is 10.9 Å². The Labute approximate surface area is 171 Å². The number of amides is 1. The number of para-hydroxylation sites is 1. The lowest BCUT2D eigenvalue weighted by atomic mass is 9.85. The van der Waals surface area contributed by atoms with Crippen molar-refractivity contribution in [1.82, 2.24) is 4.98 Å². The summed E-state index contributed by atoms with van der Waals surface area (Å²) in [5.74, 6) is -0.0323. The zero-order valence-corrected chi connectivity index (χ0v) is 16.7. The van der Waals surface area contributed by atoms with Gasteiger partial charge in [0.25, 0.3) is 11.5 Å². The Balaban J connectivity index is 1.79. The molecule has 4 nitrogen and oxygen atoms in total. The molecular formula is C25H26N2O2. The van der Waals surface area contributed by atoms with Crippen LogP contribution < -0.4 is 10.9 Å². The van der Waals surface area contributed by atoms with Gasteiger partial charge in [-0.25, -0.2) is 0 Å². The Hall–Kier alpha value is -3.14. The molecule has 148 valence electrons. The van der Waals surface area contributed by atoms with E-state index in [0.29, 0.717) is 17.2 Å². The second-order valence-electron chi connectivity index (χ2n) is 7.86. The lowest BCUT2D eigenvalue weighted by Crippen LogP contribution is -2.26. The van der Waals surface area contributed by atoms with Crippen LogP contribution in [0.5, 0.6) is 0 Å². The lowest BCUT2D eigenvalue weighted by Gasteiger charge is -2.23. The molecule has 1 aromatic heterocycles. The predicted octanol–water partition coefficient (Wildman–Crippen LogP) is 5.65. The van der Waals surface area contributed by atoms with Gasteiger partial charge in [0.2, 0.25) is 0 Å². The number of carbonyl (C=O) groups is 1. The van der Waals surface area contributed by atoms with Crippen LogP contribution in [0.15, 0.2) is 65.5 Å². The maximum absolute atomic E-state index is 13.1. The summed E-state index contributed by atoms with van der Waals surface area (Å²) in [5.41, 5.74) is 4.18.